The molecule has 0 bridgehead atoms. The van der Waals surface area contributed by atoms with Gasteiger partial charge >= 0.3 is 0 Å². The van der Waals surface area contributed by atoms with Crippen LogP contribution >= 0.6 is 11.3 Å². The first-order valence-corrected chi connectivity index (χ1v) is 7.89. The second kappa shape index (κ2) is 5.72. The molecule has 1 N–H and O–H groups in total. The van der Waals surface area contributed by atoms with Gasteiger partial charge in [-0.05, 0) is 47.7 Å². The average molecular weight is 266 g/mol. The van der Waals surface area contributed by atoms with Crippen LogP contribution in [0.5, 0.6) is 0 Å². The third kappa shape index (κ3) is 3.56. The summed E-state index contributed by atoms with van der Waals surface area (Å²) in [5, 5.41) is 8.18. The lowest BCUT2D eigenvalue weighted by atomic mass is 9.86. The Labute approximate surface area is 115 Å². The van der Waals surface area contributed by atoms with Crippen molar-refractivity contribution in [2.75, 3.05) is 13.1 Å². The number of rotatable bonds is 2. The van der Waals surface area contributed by atoms with Crippen LogP contribution in [0.1, 0.15) is 39.7 Å². The molecule has 1 fully saturated rings. The third-order valence-corrected chi connectivity index (χ3v) is 4.74. The monoisotopic (exact) mass is 266 g/mol. The Balaban J connectivity index is 2.06. The van der Waals surface area contributed by atoms with Gasteiger partial charge < -0.3 is 5.32 Å². The molecule has 2 unspecified atom stereocenters. The van der Waals surface area contributed by atoms with Gasteiger partial charge in [-0.15, -0.1) is 0 Å². The molecule has 18 heavy (non-hydrogen) atoms. The van der Waals surface area contributed by atoms with Crippen LogP contribution in [0.25, 0.3) is 0 Å². The quantitative estimate of drug-likeness (QED) is 0.883. The second-order valence-electron chi connectivity index (χ2n) is 6.57. The van der Waals surface area contributed by atoms with Crippen molar-refractivity contribution < 1.29 is 0 Å². The van der Waals surface area contributed by atoms with Gasteiger partial charge in [0.1, 0.15) is 0 Å². The number of thiophene rings is 1. The van der Waals surface area contributed by atoms with Crippen molar-refractivity contribution in [1.82, 2.24) is 10.2 Å². The SMILES string of the molecule is CC1CCNC(C(C)(C)C)CN1Cc1ccsc1. The summed E-state index contributed by atoms with van der Waals surface area (Å²) >= 11 is 1.80. The fraction of sp³-hybridized carbons (Fsp3) is 0.733. The highest BCUT2D eigenvalue weighted by atomic mass is 32.1. The number of nitrogens with zero attached hydrogens (tertiary/aromatic N) is 1. The smallest absolute Gasteiger partial charge is 0.0245 e. The molecule has 0 saturated carbocycles. The van der Waals surface area contributed by atoms with Gasteiger partial charge in [-0.3, -0.25) is 4.90 Å². The first kappa shape index (κ1) is 14.0. The highest BCUT2D eigenvalue weighted by Gasteiger charge is 2.30. The third-order valence-electron chi connectivity index (χ3n) is 4.00. The maximum Gasteiger partial charge on any atom is 0.0245 e. The fourth-order valence-electron chi connectivity index (χ4n) is 2.55. The van der Waals surface area contributed by atoms with E-state index in [0.717, 1.165) is 19.6 Å². The molecule has 1 saturated heterocycles. The van der Waals surface area contributed by atoms with Crippen molar-refractivity contribution in [1.29, 1.82) is 0 Å². The standard InChI is InChI=1S/C15H26N2S/c1-12-5-7-16-14(15(2,3)4)10-17(12)9-13-6-8-18-11-13/h6,8,11-12,14,16H,5,7,9-10H2,1-4H3. The zero-order chi connectivity index (χ0) is 13.2. The molecular formula is C15H26N2S. The highest BCUT2D eigenvalue weighted by molar-refractivity contribution is 7.07. The first-order chi connectivity index (χ1) is 8.47. The molecule has 0 radical (unpaired) electrons. The molecule has 2 nitrogen and oxygen atoms in total. The molecule has 1 aromatic heterocycles. The minimum Gasteiger partial charge on any atom is -0.312 e. The van der Waals surface area contributed by atoms with Gasteiger partial charge in [-0.25, -0.2) is 0 Å². The van der Waals surface area contributed by atoms with Crippen LogP contribution in [0.15, 0.2) is 16.8 Å². The number of hydrogen-bond donors (Lipinski definition) is 1. The highest BCUT2D eigenvalue weighted by Crippen LogP contribution is 2.24. The Morgan fingerprint density at radius 1 is 1.44 bits per heavy atom. The van der Waals surface area contributed by atoms with Crippen molar-refractivity contribution >= 4 is 11.3 Å². The molecule has 2 heterocycles. The Morgan fingerprint density at radius 3 is 2.83 bits per heavy atom. The van der Waals surface area contributed by atoms with Crippen LogP contribution in [0, 0.1) is 5.41 Å². The summed E-state index contributed by atoms with van der Waals surface area (Å²) in [6.45, 7) is 12.8. The van der Waals surface area contributed by atoms with E-state index in [1.165, 1.54) is 12.0 Å². The summed E-state index contributed by atoms with van der Waals surface area (Å²) in [4.78, 5) is 2.64. The van der Waals surface area contributed by atoms with Gasteiger partial charge in [0, 0.05) is 25.2 Å². The summed E-state index contributed by atoms with van der Waals surface area (Å²) in [5.74, 6) is 0. The van der Waals surface area contributed by atoms with Gasteiger partial charge in [0.25, 0.3) is 0 Å². The van der Waals surface area contributed by atoms with Crippen molar-refractivity contribution in [3.63, 3.8) is 0 Å². The van der Waals surface area contributed by atoms with Gasteiger partial charge in [-0.2, -0.15) is 11.3 Å². The van der Waals surface area contributed by atoms with Gasteiger partial charge in [0.05, 0.1) is 0 Å². The van der Waals surface area contributed by atoms with Gasteiger partial charge in [0.15, 0.2) is 0 Å². The summed E-state index contributed by atoms with van der Waals surface area (Å²) in [6, 6.07) is 3.51. The van der Waals surface area contributed by atoms with E-state index in [0.29, 0.717) is 17.5 Å². The van der Waals surface area contributed by atoms with Gasteiger partial charge in [-0.1, -0.05) is 20.8 Å². The molecule has 0 aromatic carbocycles. The van der Waals surface area contributed by atoms with E-state index in [1.54, 1.807) is 11.3 Å². The molecule has 1 aliphatic heterocycles. The summed E-state index contributed by atoms with van der Waals surface area (Å²) in [5.41, 5.74) is 1.79. The van der Waals surface area contributed by atoms with E-state index in [4.69, 9.17) is 0 Å². The lowest BCUT2D eigenvalue weighted by Crippen LogP contribution is -2.46. The predicted octanol–water partition coefficient (Wildman–Crippen LogP) is 3.35. The predicted molar refractivity (Wildman–Crippen MR) is 80.1 cm³/mol. The molecule has 0 amide bonds. The molecule has 102 valence electrons. The molecule has 2 rings (SSSR count). The maximum atomic E-state index is 3.72. The zero-order valence-electron chi connectivity index (χ0n) is 12.1. The van der Waals surface area contributed by atoms with Crippen molar-refractivity contribution in [3.8, 4) is 0 Å². The average Bonchev–Trinajstić information content (AvgIpc) is 2.70. The van der Waals surface area contributed by atoms with Crippen LogP contribution in [0.3, 0.4) is 0 Å². The fourth-order valence-corrected chi connectivity index (χ4v) is 3.21. The number of hydrogen-bond acceptors (Lipinski definition) is 3. The number of nitrogens with one attached hydrogen (secondary N) is 1. The van der Waals surface area contributed by atoms with E-state index in [2.05, 4.69) is 54.7 Å². The van der Waals surface area contributed by atoms with Crippen LogP contribution in [0.4, 0.5) is 0 Å². The maximum absolute atomic E-state index is 3.72. The van der Waals surface area contributed by atoms with Gasteiger partial charge in [0.2, 0.25) is 0 Å². The largest absolute Gasteiger partial charge is 0.312 e. The Hall–Kier alpha value is -0.380. The van der Waals surface area contributed by atoms with Crippen LogP contribution in [-0.2, 0) is 6.54 Å². The van der Waals surface area contributed by atoms with Crippen molar-refractivity contribution in [2.24, 2.45) is 5.41 Å². The van der Waals surface area contributed by atoms with E-state index >= 15 is 0 Å². The molecule has 1 aromatic rings. The summed E-state index contributed by atoms with van der Waals surface area (Å²) < 4.78 is 0. The topological polar surface area (TPSA) is 15.3 Å². The molecule has 2 atom stereocenters. The molecule has 3 heteroatoms. The minimum absolute atomic E-state index is 0.330. The minimum atomic E-state index is 0.330. The zero-order valence-corrected chi connectivity index (χ0v) is 12.9. The summed E-state index contributed by atoms with van der Waals surface area (Å²) in [6.07, 6.45) is 1.25. The molecule has 1 aliphatic rings. The van der Waals surface area contributed by atoms with E-state index in [9.17, 15) is 0 Å². The molecule has 0 spiro atoms. The van der Waals surface area contributed by atoms with E-state index in [1.807, 2.05) is 0 Å². The molecular weight excluding hydrogens is 240 g/mol. The van der Waals surface area contributed by atoms with E-state index < -0.39 is 0 Å². The Morgan fingerprint density at radius 2 is 2.22 bits per heavy atom. The Bertz CT molecular complexity index is 353. The van der Waals surface area contributed by atoms with Crippen LogP contribution in [0.2, 0.25) is 0 Å². The molecule has 0 aliphatic carbocycles. The Kier molecular flexibility index (Phi) is 4.46. The normalized spacial score (nSPS) is 27.1. The second-order valence-corrected chi connectivity index (χ2v) is 7.35. The first-order valence-electron chi connectivity index (χ1n) is 6.95. The lowest BCUT2D eigenvalue weighted by Gasteiger charge is -2.35. The van der Waals surface area contributed by atoms with Crippen molar-refractivity contribution in [2.45, 2.75) is 52.7 Å². The van der Waals surface area contributed by atoms with Crippen molar-refractivity contribution in [3.05, 3.63) is 22.4 Å². The van der Waals surface area contributed by atoms with E-state index in [-0.39, 0.29) is 0 Å². The van der Waals surface area contributed by atoms with Crippen LogP contribution in [-0.4, -0.2) is 30.1 Å². The van der Waals surface area contributed by atoms with Crippen LogP contribution < -0.4 is 5.32 Å². The summed E-state index contributed by atoms with van der Waals surface area (Å²) in [7, 11) is 0. The lowest BCUT2D eigenvalue weighted by molar-refractivity contribution is 0.157.